The van der Waals surface area contributed by atoms with Gasteiger partial charge in [0.25, 0.3) is 0 Å². The molecule has 0 aromatic heterocycles. The Morgan fingerprint density at radius 1 is 1.17 bits per heavy atom. The minimum Gasteiger partial charge on any atom is -0.481 e. The Morgan fingerprint density at radius 2 is 1.74 bits per heavy atom. The molecule has 1 aromatic carbocycles. The highest BCUT2D eigenvalue weighted by atomic mass is 16.6. The molecule has 0 heterocycles. The van der Waals surface area contributed by atoms with Gasteiger partial charge in [0.15, 0.2) is 0 Å². The van der Waals surface area contributed by atoms with E-state index in [1.165, 1.54) is 0 Å². The van der Waals surface area contributed by atoms with E-state index >= 15 is 0 Å². The number of nitrogens with zero attached hydrogens (tertiary/aromatic N) is 1. The third-order valence-electron chi connectivity index (χ3n) is 3.58. The molecule has 2 rings (SSSR count). The Bertz CT molecular complexity index is 555. The van der Waals surface area contributed by atoms with Gasteiger partial charge in [-0.15, -0.1) is 0 Å². The Balaban J connectivity index is 2.01. The number of ether oxygens (including phenoxy) is 1. The summed E-state index contributed by atoms with van der Waals surface area (Å²) in [5, 5.41) is 8.80. The van der Waals surface area contributed by atoms with E-state index in [1.807, 2.05) is 32.9 Å². The third kappa shape index (κ3) is 6.30. The number of hydrogen-bond acceptors (Lipinski definition) is 3. The summed E-state index contributed by atoms with van der Waals surface area (Å²) in [6.07, 6.45) is 2.05. The zero-order chi connectivity index (χ0) is 17.0. The third-order valence-corrected chi connectivity index (χ3v) is 3.58. The van der Waals surface area contributed by atoms with E-state index in [0.717, 1.165) is 24.0 Å². The molecule has 5 heteroatoms. The Labute approximate surface area is 137 Å². The van der Waals surface area contributed by atoms with Crippen LogP contribution in [-0.2, 0) is 22.5 Å². The smallest absolute Gasteiger partial charge is 0.410 e. The van der Waals surface area contributed by atoms with Crippen LogP contribution in [0.2, 0.25) is 0 Å². The number of hydrogen-bond donors (Lipinski definition) is 1. The van der Waals surface area contributed by atoms with Gasteiger partial charge in [0.1, 0.15) is 5.60 Å². The van der Waals surface area contributed by atoms with Gasteiger partial charge in [-0.05, 0) is 50.7 Å². The van der Waals surface area contributed by atoms with Crippen molar-refractivity contribution in [1.82, 2.24) is 4.90 Å². The van der Waals surface area contributed by atoms with Gasteiger partial charge in [0.2, 0.25) is 0 Å². The van der Waals surface area contributed by atoms with Crippen molar-refractivity contribution in [2.24, 2.45) is 5.92 Å². The fourth-order valence-corrected chi connectivity index (χ4v) is 2.30. The molecule has 0 aliphatic heterocycles. The van der Waals surface area contributed by atoms with Crippen LogP contribution in [0.5, 0.6) is 0 Å². The van der Waals surface area contributed by atoms with Gasteiger partial charge in [-0.3, -0.25) is 4.79 Å². The highest BCUT2D eigenvalue weighted by molar-refractivity contribution is 5.70. The fourth-order valence-electron chi connectivity index (χ4n) is 2.30. The maximum Gasteiger partial charge on any atom is 0.410 e. The zero-order valence-corrected chi connectivity index (χ0v) is 14.0. The first-order chi connectivity index (χ1) is 10.7. The first-order valence-electron chi connectivity index (χ1n) is 8.00. The Morgan fingerprint density at radius 3 is 2.22 bits per heavy atom. The lowest BCUT2D eigenvalue weighted by molar-refractivity contribution is -0.136. The molecule has 1 aliphatic carbocycles. The summed E-state index contributed by atoms with van der Waals surface area (Å²) in [5.74, 6) is -0.268. The van der Waals surface area contributed by atoms with Gasteiger partial charge in [-0.25, -0.2) is 4.79 Å². The zero-order valence-electron chi connectivity index (χ0n) is 14.0. The molecule has 1 aliphatic rings. The second-order valence-corrected chi connectivity index (χ2v) is 7.19. The fraction of sp³-hybridized carbons (Fsp3) is 0.556. The molecule has 0 saturated heterocycles. The van der Waals surface area contributed by atoms with Gasteiger partial charge >= 0.3 is 12.1 Å². The number of carboxylic acids is 1. The minimum absolute atomic E-state index is 0.0120. The van der Waals surface area contributed by atoms with Crippen LogP contribution < -0.4 is 0 Å². The predicted octanol–water partition coefficient (Wildman–Crippen LogP) is 3.46. The van der Waals surface area contributed by atoms with Crippen molar-refractivity contribution in [2.45, 2.75) is 52.2 Å². The molecule has 0 bridgehead atoms. The molecule has 0 atom stereocenters. The highest BCUT2D eigenvalue weighted by Crippen LogP contribution is 2.30. The maximum absolute atomic E-state index is 12.4. The topological polar surface area (TPSA) is 66.8 Å². The number of benzene rings is 1. The van der Waals surface area contributed by atoms with Crippen LogP contribution in [0.3, 0.4) is 0 Å². The summed E-state index contributed by atoms with van der Waals surface area (Å²) in [6.45, 7) is 6.78. The summed E-state index contributed by atoms with van der Waals surface area (Å²) >= 11 is 0. The number of aliphatic carboxylic acids is 1. The van der Waals surface area contributed by atoms with E-state index in [0.29, 0.717) is 19.0 Å². The molecule has 5 nitrogen and oxygen atoms in total. The van der Waals surface area contributed by atoms with Crippen LogP contribution in [0, 0.1) is 5.92 Å². The van der Waals surface area contributed by atoms with Gasteiger partial charge < -0.3 is 14.7 Å². The summed E-state index contributed by atoms with van der Waals surface area (Å²) in [4.78, 5) is 24.8. The van der Waals surface area contributed by atoms with Gasteiger partial charge in [-0.1, -0.05) is 24.3 Å². The summed E-state index contributed by atoms with van der Waals surface area (Å²) < 4.78 is 5.49. The first-order valence-corrected chi connectivity index (χ1v) is 8.00. The second kappa shape index (κ2) is 7.02. The van der Waals surface area contributed by atoms with Gasteiger partial charge in [-0.2, -0.15) is 0 Å². The molecule has 23 heavy (non-hydrogen) atoms. The number of rotatable bonds is 6. The van der Waals surface area contributed by atoms with Crippen LogP contribution in [0.1, 0.15) is 44.7 Å². The number of amides is 1. The molecular weight excluding hydrogens is 294 g/mol. The van der Waals surface area contributed by atoms with E-state index in [9.17, 15) is 9.59 Å². The monoisotopic (exact) mass is 319 g/mol. The van der Waals surface area contributed by atoms with E-state index in [-0.39, 0.29) is 12.5 Å². The average Bonchev–Trinajstić information content (AvgIpc) is 3.21. The van der Waals surface area contributed by atoms with E-state index in [4.69, 9.17) is 9.84 Å². The van der Waals surface area contributed by atoms with Crippen LogP contribution >= 0.6 is 0 Å². The first kappa shape index (κ1) is 17.3. The molecule has 126 valence electrons. The Hall–Kier alpha value is -2.04. The lowest BCUT2D eigenvalue weighted by Gasteiger charge is -2.27. The largest absolute Gasteiger partial charge is 0.481 e. The molecule has 1 amide bonds. The summed E-state index contributed by atoms with van der Waals surface area (Å²) in [6, 6.07) is 7.35. The van der Waals surface area contributed by atoms with Crippen LogP contribution in [0.25, 0.3) is 0 Å². The maximum atomic E-state index is 12.4. The molecule has 0 unspecified atom stereocenters. The van der Waals surface area contributed by atoms with E-state index in [1.54, 1.807) is 17.0 Å². The van der Waals surface area contributed by atoms with Crippen LogP contribution in [0.4, 0.5) is 4.79 Å². The molecule has 0 spiro atoms. The Kier molecular flexibility index (Phi) is 5.29. The van der Waals surface area contributed by atoms with E-state index < -0.39 is 11.6 Å². The number of carbonyl (C=O) groups is 2. The van der Waals surface area contributed by atoms with Gasteiger partial charge in [0.05, 0.1) is 6.42 Å². The lowest BCUT2D eigenvalue weighted by Crippen LogP contribution is -2.37. The summed E-state index contributed by atoms with van der Waals surface area (Å²) in [5.41, 5.74) is 1.22. The second-order valence-electron chi connectivity index (χ2n) is 7.19. The normalized spacial score (nSPS) is 14.4. The van der Waals surface area contributed by atoms with Crippen molar-refractivity contribution in [2.75, 3.05) is 6.54 Å². The van der Waals surface area contributed by atoms with Crippen molar-refractivity contribution in [1.29, 1.82) is 0 Å². The van der Waals surface area contributed by atoms with Crippen LogP contribution in [-0.4, -0.2) is 34.2 Å². The quantitative estimate of drug-likeness (QED) is 0.872. The van der Waals surface area contributed by atoms with Crippen molar-refractivity contribution in [3.05, 3.63) is 35.4 Å². The average molecular weight is 319 g/mol. The SMILES string of the molecule is CC(C)(C)OC(=O)N(Cc1ccc(CC(=O)O)cc1)CC1CC1. The molecule has 0 radical (unpaired) electrons. The van der Waals surface area contributed by atoms with Crippen molar-refractivity contribution < 1.29 is 19.4 Å². The van der Waals surface area contributed by atoms with E-state index in [2.05, 4.69) is 0 Å². The molecule has 1 N–H and O–H groups in total. The minimum atomic E-state index is -0.845. The molecule has 1 aromatic rings. The number of carbonyl (C=O) groups excluding carboxylic acids is 1. The highest BCUT2D eigenvalue weighted by Gasteiger charge is 2.29. The van der Waals surface area contributed by atoms with Crippen molar-refractivity contribution >= 4 is 12.1 Å². The molecular formula is C18H25NO4. The van der Waals surface area contributed by atoms with Crippen molar-refractivity contribution in [3.63, 3.8) is 0 Å². The predicted molar refractivity (Wildman–Crippen MR) is 87.1 cm³/mol. The van der Waals surface area contributed by atoms with Gasteiger partial charge in [0, 0.05) is 13.1 Å². The van der Waals surface area contributed by atoms with Crippen molar-refractivity contribution in [3.8, 4) is 0 Å². The lowest BCUT2D eigenvalue weighted by atomic mass is 10.1. The summed E-state index contributed by atoms with van der Waals surface area (Å²) in [7, 11) is 0. The molecule has 1 saturated carbocycles. The molecule has 1 fully saturated rings. The van der Waals surface area contributed by atoms with Crippen LogP contribution in [0.15, 0.2) is 24.3 Å². The standard InChI is InChI=1S/C18H25NO4/c1-18(2,3)23-17(22)19(12-15-8-9-15)11-14-6-4-13(5-7-14)10-16(20)21/h4-7,15H,8-12H2,1-3H3,(H,20,21). The number of carboxylic acid groups (broad SMARTS) is 1.